The second-order valence-corrected chi connectivity index (χ2v) is 5.69. The van der Waals surface area contributed by atoms with Gasteiger partial charge in [0.2, 0.25) is 0 Å². The van der Waals surface area contributed by atoms with Gasteiger partial charge in [-0.3, -0.25) is 14.9 Å². The predicted octanol–water partition coefficient (Wildman–Crippen LogP) is 0.963. The maximum atomic E-state index is 12.1. The monoisotopic (exact) mass is 342 g/mol. The number of amides is 1. The topological polar surface area (TPSA) is 108 Å². The zero-order valence-corrected chi connectivity index (χ0v) is 13.0. The Balaban J connectivity index is 2.07. The van der Waals surface area contributed by atoms with Gasteiger partial charge in [0.1, 0.15) is 19.2 Å². The lowest BCUT2D eigenvalue weighted by molar-refractivity contribution is -0.384. The van der Waals surface area contributed by atoms with Crippen LogP contribution in [0.25, 0.3) is 10.2 Å². The summed E-state index contributed by atoms with van der Waals surface area (Å²) in [6, 6.07) is 4.43. The van der Waals surface area contributed by atoms with Gasteiger partial charge in [0.25, 0.3) is 11.6 Å². The molecule has 0 aliphatic heterocycles. The standard InChI is InChI=1S/C14H10N6O3S/c1-2-5-19-11-4-3-10(20(22)23)6-12(11)24-14(19)17-13(21)7-18-9-15-8-16-18/h1,3-4,6,8-9H,5,7H2. The lowest BCUT2D eigenvalue weighted by Gasteiger charge is -1.99. The van der Waals surface area contributed by atoms with E-state index >= 15 is 0 Å². The van der Waals surface area contributed by atoms with Gasteiger partial charge >= 0.3 is 0 Å². The first-order chi connectivity index (χ1) is 11.6. The lowest BCUT2D eigenvalue weighted by Crippen LogP contribution is -2.18. The van der Waals surface area contributed by atoms with E-state index in [1.165, 1.54) is 40.8 Å². The van der Waals surface area contributed by atoms with Crippen LogP contribution in [0, 0.1) is 22.5 Å². The number of carbonyl (C=O) groups excluding carboxylic acids is 1. The van der Waals surface area contributed by atoms with Crippen LogP contribution in [0.4, 0.5) is 5.69 Å². The maximum Gasteiger partial charge on any atom is 0.270 e. The number of rotatable bonds is 4. The van der Waals surface area contributed by atoms with Crippen LogP contribution < -0.4 is 4.80 Å². The molecule has 3 aromatic rings. The molecule has 2 heterocycles. The second-order valence-electron chi connectivity index (χ2n) is 4.68. The highest BCUT2D eigenvalue weighted by Gasteiger charge is 2.12. The molecule has 0 atom stereocenters. The van der Waals surface area contributed by atoms with Gasteiger partial charge in [0, 0.05) is 12.1 Å². The predicted molar refractivity (Wildman–Crippen MR) is 85.9 cm³/mol. The van der Waals surface area contributed by atoms with Crippen molar-refractivity contribution < 1.29 is 9.72 Å². The Labute approximate surface area is 139 Å². The minimum absolute atomic E-state index is 0.0305. The summed E-state index contributed by atoms with van der Waals surface area (Å²) < 4.78 is 3.66. The summed E-state index contributed by atoms with van der Waals surface area (Å²) in [5.41, 5.74) is 0.660. The molecule has 0 N–H and O–H groups in total. The Hall–Kier alpha value is -3.32. The zero-order valence-electron chi connectivity index (χ0n) is 12.2. The van der Waals surface area contributed by atoms with E-state index < -0.39 is 10.8 Å². The second kappa shape index (κ2) is 6.43. The number of terminal acetylenes is 1. The molecule has 24 heavy (non-hydrogen) atoms. The van der Waals surface area contributed by atoms with Gasteiger partial charge in [0.15, 0.2) is 4.80 Å². The van der Waals surface area contributed by atoms with Gasteiger partial charge in [-0.25, -0.2) is 9.67 Å². The Morgan fingerprint density at radius 1 is 1.50 bits per heavy atom. The zero-order chi connectivity index (χ0) is 17.1. The number of nitro benzene ring substituents is 1. The van der Waals surface area contributed by atoms with Crippen LogP contribution in [0.3, 0.4) is 0 Å². The smallest absolute Gasteiger partial charge is 0.270 e. The largest absolute Gasteiger partial charge is 0.305 e. The van der Waals surface area contributed by atoms with Crippen molar-refractivity contribution in [3.8, 4) is 12.3 Å². The highest BCUT2D eigenvalue weighted by atomic mass is 32.1. The fourth-order valence-electron chi connectivity index (χ4n) is 2.10. The normalized spacial score (nSPS) is 11.5. The Bertz CT molecular complexity index is 1030. The van der Waals surface area contributed by atoms with Gasteiger partial charge in [-0.2, -0.15) is 10.1 Å². The maximum absolute atomic E-state index is 12.1. The SMILES string of the molecule is C#CCn1c(=NC(=O)Cn2cncn2)sc2cc([N+](=O)[O-])ccc21. The minimum atomic E-state index is -0.475. The van der Waals surface area contributed by atoms with Crippen LogP contribution in [-0.2, 0) is 17.9 Å². The van der Waals surface area contributed by atoms with Gasteiger partial charge in [-0.15, -0.1) is 6.42 Å². The van der Waals surface area contributed by atoms with Crippen LogP contribution in [-0.4, -0.2) is 30.2 Å². The first-order valence-corrected chi connectivity index (χ1v) is 7.51. The van der Waals surface area contributed by atoms with Crippen LogP contribution in [0.1, 0.15) is 0 Å². The molecule has 0 radical (unpaired) electrons. The number of fused-ring (bicyclic) bond motifs is 1. The van der Waals surface area contributed by atoms with E-state index in [1.54, 1.807) is 10.6 Å². The quantitative estimate of drug-likeness (QED) is 0.399. The molecule has 2 aromatic heterocycles. The Kier molecular flexibility index (Phi) is 4.17. The third-order valence-electron chi connectivity index (χ3n) is 3.11. The molecule has 1 aromatic carbocycles. The van der Waals surface area contributed by atoms with Gasteiger partial charge < -0.3 is 4.57 Å². The Morgan fingerprint density at radius 2 is 2.33 bits per heavy atom. The van der Waals surface area contributed by atoms with Crippen molar-refractivity contribution in [1.29, 1.82) is 0 Å². The van der Waals surface area contributed by atoms with Crippen LogP contribution >= 0.6 is 11.3 Å². The molecule has 0 fully saturated rings. The Morgan fingerprint density at radius 3 is 3.00 bits per heavy atom. The molecule has 10 heteroatoms. The average molecular weight is 342 g/mol. The third kappa shape index (κ3) is 3.06. The molecule has 3 rings (SSSR count). The first kappa shape index (κ1) is 15.6. The number of benzene rings is 1. The molecule has 0 saturated carbocycles. The van der Waals surface area contributed by atoms with Crippen molar-refractivity contribution in [2.75, 3.05) is 0 Å². The van der Waals surface area contributed by atoms with E-state index in [0.29, 0.717) is 15.0 Å². The number of hydrogen-bond donors (Lipinski definition) is 0. The number of nitrogens with zero attached hydrogens (tertiary/aromatic N) is 6. The highest BCUT2D eigenvalue weighted by molar-refractivity contribution is 7.16. The van der Waals surface area contributed by atoms with Gasteiger partial charge in [-0.05, 0) is 6.07 Å². The van der Waals surface area contributed by atoms with E-state index in [0.717, 1.165) is 0 Å². The van der Waals surface area contributed by atoms with E-state index in [1.807, 2.05) is 0 Å². The lowest BCUT2D eigenvalue weighted by atomic mass is 10.3. The van der Waals surface area contributed by atoms with Crippen molar-refractivity contribution >= 4 is 33.1 Å². The molecule has 0 bridgehead atoms. The summed E-state index contributed by atoms with van der Waals surface area (Å²) in [6.45, 7) is 0.150. The summed E-state index contributed by atoms with van der Waals surface area (Å²) in [4.78, 5) is 30.7. The van der Waals surface area contributed by atoms with Crippen LogP contribution in [0.2, 0.25) is 0 Å². The van der Waals surface area contributed by atoms with E-state index in [4.69, 9.17) is 6.42 Å². The van der Waals surface area contributed by atoms with Gasteiger partial charge in [-0.1, -0.05) is 17.3 Å². The molecule has 1 amide bonds. The number of aromatic nitrogens is 4. The van der Waals surface area contributed by atoms with Gasteiger partial charge in [0.05, 0.1) is 21.7 Å². The molecule has 0 spiro atoms. The van der Waals surface area contributed by atoms with Crippen molar-refractivity contribution in [1.82, 2.24) is 19.3 Å². The molecule has 9 nitrogen and oxygen atoms in total. The number of non-ortho nitro benzene ring substituents is 1. The highest BCUT2D eigenvalue weighted by Crippen LogP contribution is 2.23. The molecular weight excluding hydrogens is 332 g/mol. The fraction of sp³-hybridized carbons (Fsp3) is 0.143. The van der Waals surface area contributed by atoms with E-state index in [2.05, 4.69) is 21.0 Å². The summed E-state index contributed by atoms with van der Waals surface area (Å²) in [5.74, 6) is 2.07. The van der Waals surface area contributed by atoms with Crippen LogP contribution in [0.5, 0.6) is 0 Å². The molecule has 0 unspecified atom stereocenters. The molecule has 0 aliphatic carbocycles. The van der Waals surface area contributed by atoms with E-state index in [-0.39, 0.29) is 18.8 Å². The fourth-order valence-corrected chi connectivity index (χ4v) is 3.18. The average Bonchev–Trinajstić information content (AvgIpc) is 3.15. The summed E-state index contributed by atoms with van der Waals surface area (Å²) >= 11 is 1.17. The summed E-state index contributed by atoms with van der Waals surface area (Å²) in [5, 5.41) is 14.7. The molecule has 120 valence electrons. The van der Waals surface area contributed by atoms with Crippen molar-refractivity contribution in [2.45, 2.75) is 13.1 Å². The number of nitro groups is 1. The van der Waals surface area contributed by atoms with Crippen molar-refractivity contribution in [2.24, 2.45) is 4.99 Å². The summed E-state index contributed by atoms with van der Waals surface area (Å²) in [6.07, 6.45) is 8.11. The van der Waals surface area contributed by atoms with Crippen molar-refractivity contribution in [3.63, 3.8) is 0 Å². The number of carbonyl (C=O) groups is 1. The summed E-state index contributed by atoms with van der Waals surface area (Å²) in [7, 11) is 0. The number of hydrogen-bond acceptors (Lipinski definition) is 6. The minimum Gasteiger partial charge on any atom is -0.305 e. The van der Waals surface area contributed by atoms with Crippen LogP contribution in [0.15, 0.2) is 35.8 Å². The van der Waals surface area contributed by atoms with Crippen molar-refractivity contribution in [3.05, 3.63) is 45.8 Å². The molecule has 0 aliphatic rings. The van der Waals surface area contributed by atoms with E-state index in [9.17, 15) is 14.9 Å². The number of thiazole rings is 1. The molecule has 0 saturated heterocycles. The third-order valence-corrected chi connectivity index (χ3v) is 4.15. The first-order valence-electron chi connectivity index (χ1n) is 6.69. The molecular formula is C14H10N6O3S.